The summed E-state index contributed by atoms with van der Waals surface area (Å²) in [6, 6.07) is 16.0. The smallest absolute Gasteiger partial charge is 0.343 e. The lowest BCUT2D eigenvalue weighted by atomic mass is 10.1. The van der Waals surface area contributed by atoms with E-state index in [1.807, 2.05) is 49.4 Å². The van der Waals surface area contributed by atoms with Crippen molar-refractivity contribution in [2.45, 2.75) is 6.92 Å². The highest BCUT2D eigenvalue weighted by Crippen LogP contribution is 2.34. The molecule has 4 rings (SSSR count). The Kier molecular flexibility index (Phi) is 5.42. The van der Waals surface area contributed by atoms with E-state index < -0.39 is 5.97 Å². The molecule has 0 spiro atoms. The lowest BCUT2D eigenvalue weighted by molar-refractivity contribution is 0.0728. The molecule has 1 aromatic heterocycles. The molecule has 2 aromatic carbocycles. The number of carbonyl (C=O) groups excluding carboxylic acids is 1. The van der Waals surface area contributed by atoms with Crippen molar-refractivity contribution in [3.63, 3.8) is 0 Å². The lowest BCUT2D eigenvalue weighted by Gasteiger charge is -2.11. The molecule has 0 saturated heterocycles. The highest BCUT2D eigenvalue weighted by molar-refractivity contribution is 5.92. The first-order valence-corrected chi connectivity index (χ1v) is 9.21. The summed E-state index contributed by atoms with van der Waals surface area (Å²) in [5.41, 5.74) is 2.13. The van der Waals surface area contributed by atoms with Gasteiger partial charge < -0.3 is 18.9 Å². The number of nitrogens with zero attached hydrogens (tertiary/aromatic N) is 1. The fourth-order valence-corrected chi connectivity index (χ4v) is 2.82. The van der Waals surface area contributed by atoms with Crippen LogP contribution in [-0.4, -0.2) is 24.4 Å². The molecule has 1 aliphatic heterocycles. The van der Waals surface area contributed by atoms with Gasteiger partial charge >= 0.3 is 5.97 Å². The van der Waals surface area contributed by atoms with Crippen LogP contribution in [0, 0.1) is 0 Å². The van der Waals surface area contributed by atoms with Crippen LogP contribution in [0.3, 0.4) is 0 Å². The van der Waals surface area contributed by atoms with Gasteiger partial charge in [-0.1, -0.05) is 18.2 Å². The van der Waals surface area contributed by atoms with E-state index in [4.69, 9.17) is 18.9 Å². The molecule has 0 aliphatic carbocycles. The number of fused-ring (bicyclic) bond motifs is 1. The van der Waals surface area contributed by atoms with Gasteiger partial charge in [0.05, 0.1) is 17.9 Å². The number of carbonyl (C=O) groups is 1. The van der Waals surface area contributed by atoms with Gasteiger partial charge in [-0.15, -0.1) is 0 Å². The van der Waals surface area contributed by atoms with E-state index in [0.717, 1.165) is 11.3 Å². The fraction of sp³-hybridized carbons (Fsp3) is 0.130. The van der Waals surface area contributed by atoms with Crippen LogP contribution in [0.1, 0.15) is 28.5 Å². The zero-order chi connectivity index (χ0) is 20.1. The number of aromatic nitrogens is 1. The second-order valence-corrected chi connectivity index (χ2v) is 6.18. The number of benzene rings is 2. The summed E-state index contributed by atoms with van der Waals surface area (Å²) in [5, 5.41) is 0. The first-order valence-electron chi connectivity index (χ1n) is 9.21. The van der Waals surface area contributed by atoms with E-state index >= 15 is 0 Å². The number of pyridine rings is 1. The van der Waals surface area contributed by atoms with Crippen LogP contribution in [0.5, 0.6) is 23.0 Å². The minimum atomic E-state index is -0.499. The number of ether oxygens (including phenoxy) is 4. The van der Waals surface area contributed by atoms with Crippen molar-refractivity contribution < 1.29 is 23.7 Å². The molecule has 0 bridgehead atoms. The highest BCUT2D eigenvalue weighted by atomic mass is 16.7. The Labute approximate surface area is 168 Å². The van der Waals surface area contributed by atoms with Gasteiger partial charge in [-0.2, -0.15) is 0 Å². The van der Waals surface area contributed by atoms with Crippen molar-refractivity contribution in [2.75, 3.05) is 13.4 Å². The van der Waals surface area contributed by atoms with Crippen molar-refractivity contribution in [3.05, 3.63) is 77.6 Å². The van der Waals surface area contributed by atoms with Gasteiger partial charge in [0.25, 0.3) is 0 Å². The van der Waals surface area contributed by atoms with Crippen LogP contribution < -0.4 is 18.9 Å². The molecule has 2 heterocycles. The zero-order valence-electron chi connectivity index (χ0n) is 15.8. The Morgan fingerprint density at radius 2 is 1.93 bits per heavy atom. The van der Waals surface area contributed by atoms with Gasteiger partial charge in [0.2, 0.25) is 6.79 Å². The molecule has 0 atom stereocenters. The van der Waals surface area contributed by atoms with Crippen molar-refractivity contribution in [3.8, 4) is 23.0 Å². The molecule has 6 heteroatoms. The van der Waals surface area contributed by atoms with Gasteiger partial charge in [-0.05, 0) is 61.0 Å². The average Bonchev–Trinajstić information content (AvgIpc) is 3.22. The lowest BCUT2D eigenvalue weighted by Crippen LogP contribution is -2.09. The van der Waals surface area contributed by atoms with Crippen molar-refractivity contribution in [1.29, 1.82) is 0 Å². The second-order valence-electron chi connectivity index (χ2n) is 6.18. The Bertz CT molecular complexity index is 1050. The maximum absolute atomic E-state index is 12.6. The summed E-state index contributed by atoms with van der Waals surface area (Å²) >= 11 is 0. The molecule has 0 saturated carbocycles. The van der Waals surface area contributed by atoms with Crippen LogP contribution in [0.15, 0.2) is 60.8 Å². The molecule has 0 unspecified atom stereocenters. The second kappa shape index (κ2) is 8.48. The Morgan fingerprint density at radius 1 is 1.03 bits per heavy atom. The molecule has 3 aromatic rings. The molecular formula is C23H19NO5. The van der Waals surface area contributed by atoms with E-state index in [0.29, 0.717) is 35.2 Å². The maximum Gasteiger partial charge on any atom is 0.343 e. The van der Waals surface area contributed by atoms with Crippen molar-refractivity contribution in [2.24, 2.45) is 0 Å². The van der Waals surface area contributed by atoms with Gasteiger partial charge in [0, 0.05) is 6.20 Å². The fourth-order valence-electron chi connectivity index (χ4n) is 2.82. The summed E-state index contributed by atoms with van der Waals surface area (Å²) < 4.78 is 21.8. The van der Waals surface area contributed by atoms with E-state index in [1.165, 1.54) is 0 Å². The van der Waals surface area contributed by atoms with Gasteiger partial charge in [-0.25, -0.2) is 4.79 Å². The third-order valence-electron chi connectivity index (χ3n) is 4.21. The normalized spacial score (nSPS) is 12.2. The summed E-state index contributed by atoms with van der Waals surface area (Å²) in [6.07, 6.45) is 5.57. The number of rotatable bonds is 6. The predicted molar refractivity (Wildman–Crippen MR) is 108 cm³/mol. The van der Waals surface area contributed by atoms with Crippen molar-refractivity contribution >= 4 is 18.1 Å². The van der Waals surface area contributed by atoms with Crippen LogP contribution in [0.2, 0.25) is 0 Å². The maximum atomic E-state index is 12.6. The van der Waals surface area contributed by atoms with Crippen LogP contribution >= 0.6 is 0 Å². The summed E-state index contributed by atoms with van der Waals surface area (Å²) in [6.45, 7) is 2.47. The number of hydrogen-bond donors (Lipinski definition) is 0. The molecule has 0 fully saturated rings. The van der Waals surface area contributed by atoms with Gasteiger partial charge in [0.15, 0.2) is 23.0 Å². The molecule has 6 nitrogen and oxygen atoms in total. The van der Waals surface area contributed by atoms with Crippen LogP contribution in [0.25, 0.3) is 12.2 Å². The molecule has 0 N–H and O–H groups in total. The number of esters is 1. The summed E-state index contributed by atoms with van der Waals surface area (Å²) in [7, 11) is 0. The minimum Gasteiger partial charge on any atom is -0.490 e. The summed E-state index contributed by atoms with van der Waals surface area (Å²) in [4.78, 5) is 16.8. The topological polar surface area (TPSA) is 66.9 Å². The first kappa shape index (κ1) is 18.6. The minimum absolute atomic E-state index is 0.149. The summed E-state index contributed by atoms with van der Waals surface area (Å²) in [5.74, 6) is 1.48. The molecular weight excluding hydrogens is 370 g/mol. The Hall–Kier alpha value is -3.80. The van der Waals surface area contributed by atoms with Crippen LogP contribution in [-0.2, 0) is 0 Å². The predicted octanol–water partition coefficient (Wildman–Crippen LogP) is 4.60. The van der Waals surface area contributed by atoms with Crippen LogP contribution in [0.4, 0.5) is 0 Å². The largest absolute Gasteiger partial charge is 0.490 e. The molecule has 0 radical (unpaired) electrons. The third kappa shape index (κ3) is 4.38. The molecule has 0 amide bonds. The molecule has 29 heavy (non-hydrogen) atoms. The average molecular weight is 389 g/mol. The van der Waals surface area contributed by atoms with Gasteiger partial charge in [-0.3, -0.25) is 4.98 Å². The molecule has 1 aliphatic rings. The van der Waals surface area contributed by atoms with Gasteiger partial charge in [0.1, 0.15) is 0 Å². The first-order chi connectivity index (χ1) is 14.2. The number of hydrogen-bond acceptors (Lipinski definition) is 6. The van der Waals surface area contributed by atoms with E-state index in [1.54, 1.807) is 30.5 Å². The SMILES string of the molecule is CCOc1cc(/C=C/c2ccccn2)ccc1OC(=O)c1ccc2c(c1)OCO2. The van der Waals surface area contributed by atoms with E-state index in [2.05, 4.69) is 4.98 Å². The van der Waals surface area contributed by atoms with Crippen molar-refractivity contribution in [1.82, 2.24) is 4.98 Å². The standard InChI is InChI=1S/C23H19NO5/c1-2-26-21-13-16(6-9-18-5-3-4-12-24-18)7-10-20(21)29-23(25)17-8-11-19-22(14-17)28-15-27-19/h3-14H,2,15H2,1H3/b9-6+. The van der Waals surface area contributed by atoms with E-state index in [-0.39, 0.29) is 6.79 Å². The zero-order valence-corrected chi connectivity index (χ0v) is 15.8. The monoisotopic (exact) mass is 389 g/mol. The third-order valence-corrected chi connectivity index (χ3v) is 4.21. The Balaban J connectivity index is 1.53. The molecule has 146 valence electrons. The highest BCUT2D eigenvalue weighted by Gasteiger charge is 2.18. The quantitative estimate of drug-likeness (QED) is 0.453. The van der Waals surface area contributed by atoms with E-state index in [9.17, 15) is 4.79 Å². The Morgan fingerprint density at radius 3 is 2.76 bits per heavy atom.